The molecule has 0 bridgehead atoms. The Kier molecular flexibility index (Phi) is 4.17. The van der Waals surface area contributed by atoms with Gasteiger partial charge in [0, 0.05) is 0 Å². The van der Waals surface area contributed by atoms with Crippen LogP contribution in [0.3, 0.4) is 0 Å². The highest BCUT2D eigenvalue weighted by Gasteiger charge is 2.18. The molecule has 0 spiro atoms. The minimum absolute atomic E-state index is 0.0555. The van der Waals surface area contributed by atoms with E-state index in [4.69, 9.17) is 4.74 Å². The molecule has 0 fully saturated rings. The van der Waals surface area contributed by atoms with E-state index in [1.165, 1.54) is 0 Å². The van der Waals surface area contributed by atoms with Crippen molar-refractivity contribution in [1.82, 2.24) is 9.36 Å². The maximum absolute atomic E-state index is 11.2. The van der Waals surface area contributed by atoms with Crippen molar-refractivity contribution in [2.45, 2.75) is 13.8 Å². The van der Waals surface area contributed by atoms with E-state index in [1.807, 2.05) is 0 Å². The zero-order valence-corrected chi connectivity index (χ0v) is 9.17. The second-order valence-electron chi connectivity index (χ2n) is 2.36. The molecule has 1 heterocycles. The first-order chi connectivity index (χ1) is 7.19. The number of ether oxygens (including phenoxy) is 2. The molecule has 0 N–H and O–H groups in total. The first-order valence-corrected chi connectivity index (χ1v) is 5.14. The van der Waals surface area contributed by atoms with Crippen LogP contribution in [0.25, 0.3) is 0 Å². The fourth-order valence-electron chi connectivity index (χ4n) is 0.778. The van der Waals surface area contributed by atoms with Crippen molar-refractivity contribution in [2.75, 3.05) is 13.2 Å². The topological polar surface area (TPSA) is 78.4 Å². The smallest absolute Gasteiger partial charge is 0.377 e. The van der Waals surface area contributed by atoms with E-state index in [1.54, 1.807) is 13.8 Å². The summed E-state index contributed by atoms with van der Waals surface area (Å²) in [4.78, 5) is 26.0. The standard InChI is InChI=1S/C8H10N2O4S/c1-3-13-7(11)5-9-6(15-10-5)8(12)14-4-2/h3-4H2,1-2H3. The van der Waals surface area contributed by atoms with Crippen LogP contribution >= 0.6 is 11.5 Å². The lowest BCUT2D eigenvalue weighted by molar-refractivity contribution is 0.0512. The third-order valence-electron chi connectivity index (χ3n) is 1.33. The van der Waals surface area contributed by atoms with E-state index in [9.17, 15) is 9.59 Å². The monoisotopic (exact) mass is 230 g/mol. The van der Waals surface area contributed by atoms with Gasteiger partial charge in [-0.25, -0.2) is 14.6 Å². The molecule has 82 valence electrons. The summed E-state index contributed by atoms with van der Waals surface area (Å²) in [5.41, 5.74) is 0. The van der Waals surface area contributed by atoms with Gasteiger partial charge in [0.15, 0.2) is 0 Å². The third kappa shape index (κ3) is 2.98. The van der Waals surface area contributed by atoms with Gasteiger partial charge in [-0.2, -0.15) is 4.37 Å². The zero-order valence-electron chi connectivity index (χ0n) is 8.35. The van der Waals surface area contributed by atoms with Gasteiger partial charge in [-0.3, -0.25) is 0 Å². The van der Waals surface area contributed by atoms with Gasteiger partial charge in [0.05, 0.1) is 13.2 Å². The quantitative estimate of drug-likeness (QED) is 0.715. The van der Waals surface area contributed by atoms with Gasteiger partial charge in [0.1, 0.15) is 0 Å². The highest BCUT2D eigenvalue weighted by atomic mass is 32.1. The predicted octanol–water partition coefficient (Wildman–Crippen LogP) is 0.892. The van der Waals surface area contributed by atoms with Crippen molar-refractivity contribution in [2.24, 2.45) is 0 Å². The van der Waals surface area contributed by atoms with Gasteiger partial charge in [0.2, 0.25) is 5.01 Å². The van der Waals surface area contributed by atoms with Crippen LogP contribution < -0.4 is 0 Å². The van der Waals surface area contributed by atoms with Gasteiger partial charge in [-0.15, -0.1) is 0 Å². The summed E-state index contributed by atoms with van der Waals surface area (Å²) >= 11 is 0.815. The maximum Gasteiger partial charge on any atom is 0.377 e. The third-order valence-corrected chi connectivity index (χ3v) is 2.03. The molecule has 0 saturated carbocycles. The molecule has 15 heavy (non-hydrogen) atoms. The Morgan fingerprint density at radius 1 is 1.20 bits per heavy atom. The summed E-state index contributed by atoms with van der Waals surface area (Å²) in [6, 6.07) is 0. The second kappa shape index (κ2) is 5.40. The van der Waals surface area contributed by atoms with Gasteiger partial charge in [0.25, 0.3) is 5.82 Å². The van der Waals surface area contributed by atoms with Crippen LogP contribution in [0.2, 0.25) is 0 Å². The molecule has 1 aromatic heterocycles. The average Bonchev–Trinajstić information content (AvgIpc) is 2.67. The highest BCUT2D eigenvalue weighted by molar-refractivity contribution is 7.07. The molecule has 0 atom stereocenters. The van der Waals surface area contributed by atoms with E-state index in [-0.39, 0.29) is 24.0 Å². The molecule has 0 amide bonds. The lowest BCUT2D eigenvalue weighted by atomic mass is 10.6. The summed E-state index contributed by atoms with van der Waals surface area (Å²) in [7, 11) is 0. The lowest BCUT2D eigenvalue weighted by Crippen LogP contribution is -2.08. The Morgan fingerprint density at radius 2 is 1.80 bits per heavy atom. The van der Waals surface area contributed by atoms with E-state index in [0.29, 0.717) is 0 Å². The fraction of sp³-hybridized carbons (Fsp3) is 0.500. The van der Waals surface area contributed by atoms with Crippen molar-refractivity contribution >= 4 is 23.5 Å². The number of nitrogens with zero attached hydrogens (tertiary/aromatic N) is 2. The van der Waals surface area contributed by atoms with Crippen molar-refractivity contribution in [3.05, 3.63) is 10.8 Å². The number of rotatable bonds is 4. The molecule has 0 saturated heterocycles. The van der Waals surface area contributed by atoms with E-state index in [2.05, 4.69) is 14.1 Å². The number of esters is 2. The lowest BCUT2D eigenvalue weighted by Gasteiger charge is -1.95. The fourth-order valence-corrected chi connectivity index (χ4v) is 1.33. The Morgan fingerprint density at radius 3 is 2.40 bits per heavy atom. The number of hydrogen-bond donors (Lipinski definition) is 0. The van der Waals surface area contributed by atoms with Crippen molar-refractivity contribution in [3.8, 4) is 0 Å². The number of carbonyl (C=O) groups excluding carboxylic acids is 2. The SMILES string of the molecule is CCOC(=O)c1nsc(C(=O)OCC)n1. The minimum Gasteiger partial charge on any atom is -0.461 e. The summed E-state index contributed by atoms with van der Waals surface area (Å²) in [6.07, 6.45) is 0. The molecule has 7 heteroatoms. The van der Waals surface area contributed by atoms with Gasteiger partial charge < -0.3 is 9.47 Å². The second-order valence-corrected chi connectivity index (χ2v) is 3.12. The first kappa shape index (κ1) is 11.6. The molecule has 0 aliphatic heterocycles. The Hall–Kier alpha value is -1.50. The van der Waals surface area contributed by atoms with Crippen LogP contribution in [0.4, 0.5) is 0 Å². The molecule has 0 aliphatic carbocycles. The van der Waals surface area contributed by atoms with Gasteiger partial charge in [-0.05, 0) is 25.4 Å². The summed E-state index contributed by atoms with van der Waals surface area (Å²) in [5, 5.41) is 0.0555. The zero-order chi connectivity index (χ0) is 11.3. The van der Waals surface area contributed by atoms with Crippen LogP contribution in [0, 0.1) is 0 Å². The highest BCUT2D eigenvalue weighted by Crippen LogP contribution is 2.07. The Labute approximate surface area is 90.4 Å². The minimum atomic E-state index is -0.635. The van der Waals surface area contributed by atoms with Crippen LogP contribution in [0.1, 0.15) is 34.3 Å². The summed E-state index contributed by atoms with van der Waals surface area (Å²) < 4.78 is 13.1. The van der Waals surface area contributed by atoms with Crippen LogP contribution in [-0.4, -0.2) is 34.5 Å². The number of aromatic nitrogens is 2. The van der Waals surface area contributed by atoms with Crippen LogP contribution in [0.15, 0.2) is 0 Å². The number of hydrogen-bond acceptors (Lipinski definition) is 7. The molecule has 0 unspecified atom stereocenters. The summed E-state index contributed by atoms with van der Waals surface area (Å²) in [5.74, 6) is -1.32. The van der Waals surface area contributed by atoms with E-state index in [0.717, 1.165) is 11.5 Å². The Balaban J connectivity index is 2.71. The van der Waals surface area contributed by atoms with Crippen molar-refractivity contribution in [3.63, 3.8) is 0 Å². The predicted molar refractivity (Wildman–Crippen MR) is 51.8 cm³/mol. The van der Waals surface area contributed by atoms with Gasteiger partial charge >= 0.3 is 11.9 Å². The molecular formula is C8H10N2O4S. The van der Waals surface area contributed by atoms with Crippen LogP contribution in [0.5, 0.6) is 0 Å². The average molecular weight is 230 g/mol. The largest absolute Gasteiger partial charge is 0.461 e. The van der Waals surface area contributed by atoms with Crippen LogP contribution in [-0.2, 0) is 9.47 Å². The molecule has 6 nitrogen and oxygen atoms in total. The maximum atomic E-state index is 11.2. The normalized spacial score (nSPS) is 9.73. The molecule has 0 aliphatic rings. The van der Waals surface area contributed by atoms with E-state index < -0.39 is 11.9 Å². The molecular weight excluding hydrogens is 220 g/mol. The molecule has 1 aromatic rings. The molecule has 0 aromatic carbocycles. The van der Waals surface area contributed by atoms with Gasteiger partial charge in [-0.1, -0.05) is 0 Å². The molecule has 0 radical (unpaired) electrons. The van der Waals surface area contributed by atoms with Crippen molar-refractivity contribution < 1.29 is 19.1 Å². The Bertz CT molecular complexity index is 331. The van der Waals surface area contributed by atoms with Crippen molar-refractivity contribution in [1.29, 1.82) is 0 Å². The molecule has 1 rings (SSSR count). The first-order valence-electron chi connectivity index (χ1n) is 4.37. The number of carbonyl (C=O) groups is 2. The summed E-state index contributed by atoms with van der Waals surface area (Å²) in [6.45, 7) is 3.86. The van der Waals surface area contributed by atoms with E-state index >= 15 is 0 Å².